The molecule has 0 saturated carbocycles. The Balaban J connectivity index is 1.42. The number of alkyl halides is 3. The van der Waals surface area contributed by atoms with Crippen LogP contribution in [0, 0.1) is 0 Å². The molecule has 1 amide bonds. The van der Waals surface area contributed by atoms with E-state index in [-0.39, 0.29) is 11.5 Å². The number of carbonyl (C=O) groups excluding carboxylic acids is 1. The summed E-state index contributed by atoms with van der Waals surface area (Å²) in [6.07, 6.45) is -4.43. The third-order valence-corrected chi connectivity index (χ3v) is 5.80. The van der Waals surface area contributed by atoms with Crippen LogP contribution in [0.2, 0.25) is 0 Å². The van der Waals surface area contributed by atoms with Crippen LogP contribution in [-0.2, 0) is 12.7 Å². The van der Waals surface area contributed by atoms with Gasteiger partial charge in [0.05, 0.1) is 5.56 Å². The molecule has 0 atom stereocenters. The van der Waals surface area contributed by atoms with E-state index in [1.807, 2.05) is 12.1 Å². The quantitative estimate of drug-likeness (QED) is 0.502. The molecule has 1 saturated heterocycles. The lowest BCUT2D eigenvalue weighted by molar-refractivity contribution is -0.137. The molecule has 0 N–H and O–H groups in total. The van der Waals surface area contributed by atoms with Crippen molar-refractivity contribution < 1.29 is 22.4 Å². The van der Waals surface area contributed by atoms with Crippen molar-refractivity contribution in [3.8, 4) is 0 Å². The van der Waals surface area contributed by atoms with Crippen molar-refractivity contribution in [3.63, 3.8) is 0 Å². The number of amides is 1. The van der Waals surface area contributed by atoms with Crippen LogP contribution in [0.5, 0.6) is 0 Å². The van der Waals surface area contributed by atoms with Crippen molar-refractivity contribution in [2.24, 2.45) is 0 Å². The highest BCUT2D eigenvalue weighted by Crippen LogP contribution is 2.29. The van der Waals surface area contributed by atoms with Crippen molar-refractivity contribution in [1.29, 1.82) is 0 Å². The SMILES string of the molecule is O=C(c1ccc(C(F)(F)F)cc1)N1CCN(Cc2cc(=O)oc3cc(Br)ccc23)CC1. The maximum Gasteiger partial charge on any atom is 0.416 e. The fourth-order valence-corrected chi connectivity index (χ4v) is 4.01. The molecule has 162 valence electrons. The van der Waals surface area contributed by atoms with Gasteiger partial charge in [-0.3, -0.25) is 9.69 Å². The second-order valence-electron chi connectivity index (χ2n) is 7.37. The Hall–Kier alpha value is -2.65. The maximum atomic E-state index is 12.7. The first-order valence-corrected chi connectivity index (χ1v) is 10.4. The Bertz CT molecular complexity index is 1170. The zero-order valence-corrected chi connectivity index (χ0v) is 17.9. The van der Waals surface area contributed by atoms with Crippen molar-refractivity contribution in [2.45, 2.75) is 12.7 Å². The monoisotopic (exact) mass is 494 g/mol. The van der Waals surface area contributed by atoms with Gasteiger partial charge in [0.1, 0.15) is 5.58 Å². The summed E-state index contributed by atoms with van der Waals surface area (Å²) in [5.74, 6) is -0.288. The molecule has 1 aliphatic rings. The molecule has 9 heteroatoms. The van der Waals surface area contributed by atoms with Gasteiger partial charge in [0, 0.05) is 54.2 Å². The third-order valence-electron chi connectivity index (χ3n) is 5.30. The van der Waals surface area contributed by atoms with Gasteiger partial charge in [0.2, 0.25) is 0 Å². The summed E-state index contributed by atoms with van der Waals surface area (Å²) in [6.45, 7) is 2.61. The molecule has 2 heterocycles. The summed E-state index contributed by atoms with van der Waals surface area (Å²) in [5, 5.41) is 0.853. The topological polar surface area (TPSA) is 53.8 Å². The predicted octanol–water partition coefficient (Wildman–Crippen LogP) is 4.53. The average Bonchev–Trinajstić information content (AvgIpc) is 2.73. The molecular weight excluding hydrogens is 477 g/mol. The molecule has 2 aromatic carbocycles. The highest BCUT2D eigenvalue weighted by atomic mass is 79.9. The highest BCUT2D eigenvalue weighted by Gasteiger charge is 2.30. The number of hydrogen-bond donors (Lipinski definition) is 0. The summed E-state index contributed by atoms with van der Waals surface area (Å²) >= 11 is 3.37. The van der Waals surface area contributed by atoms with E-state index >= 15 is 0 Å². The first-order valence-electron chi connectivity index (χ1n) is 9.62. The van der Waals surface area contributed by atoms with E-state index in [0.29, 0.717) is 38.3 Å². The molecule has 0 radical (unpaired) electrons. The van der Waals surface area contributed by atoms with Gasteiger partial charge in [-0.15, -0.1) is 0 Å². The summed E-state index contributed by atoms with van der Waals surface area (Å²) in [4.78, 5) is 28.3. The van der Waals surface area contributed by atoms with Gasteiger partial charge in [-0.25, -0.2) is 4.79 Å². The second kappa shape index (κ2) is 8.47. The number of halogens is 4. The van der Waals surface area contributed by atoms with Crippen LogP contribution in [0.4, 0.5) is 13.2 Å². The molecule has 0 unspecified atom stereocenters. The zero-order valence-electron chi connectivity index (χ0n) is 16.3. The predicted molar refractivity (Wildman–Crippen MR) is 113 cm³/mol. The van der Waals surface area contributed by atoms with E-state index in [1.54, 1.807) is 11.0 Å². The number of piperazine rings is 1. The largest absolute Gasteiger partial charge is 0.423 e. The van der Waals surface area contributed by atoms with Crippen LogP contribution in [0.1, 0.15) is 21.5 Å². The molecule has 1 aromatic heterocycles. The van der Waals surface area contributed by atoms with Gasteiger partial charge in [-0.05, 0) is 48.0 Å². The normalized spacial score (nSPS) is 15.4. The lowest BCUT2D eigenvalue weighted by Gasteiger charge is -2.35. The number of fused-ring (bicyclic) bond motifs is 1. The van der Waals surface area contributed by atoms with Crippen LogP contribution >= 0.6 is 15.9 Å². The second-order valence-corrected chi connectivity index (χ2v) is 8.29. The fraction of sp³-hybridized carbons (Fsp3) is 0.273. The Morgan fingerprint density at radius 1 is 1.00 bits per heavy atom. The van der Waals surface area contributed by atoms with Gasteiger partial charge < -0.3 is 9.32 Å². The molecule has 31 heavy (non-hydrogen) atoms. The van der Waals surface area contributed by atoms with E-state index in [2.05, 4.69) is 20.8 Å². The van der Waals surface area contributed by atoms with Crippen molar-refractivity contribution in [1.82, 2.24) is 9.80 Å². The number of benzene rings is 2. The minimum atomic E-state index is -4.43. The minimum Gasteiger partial charge on any atom is -0.423 e. The maximum absolute atomic E-state index is 12.7. The molecule has 1 aliphatic heterocycles. The van der Waals surface area contributed by atoms with Crippen LogP contribution in [0.15, 0.2) is 62.2 Å². The summed E-state index contributed by atoms with van der Waals surface area (Å²) in [5.41, 5.74) is 0.394. The van der Waals surface area contributed by atoms with Crippen LogP contribution in [0.25, 0.3) is 11.0 Å². The molecule has 0 aliphatic carbocycles. The molecule has 5 nitrogen and oxygen atoms in total. The minimum absolute atomic E-state index is 0.235. The number of rotatable bonds is 3. The standard InChI is InChI=1S/C22H18BrF3N2O3/c23-17-5-6-18-15(11-20(29)31-19(18)12-17)13-27-7-9-28(10-8-27)21(30)14-1-3-16(4-2-14)22(24,25)26/h1-6,11-12H,7-10,13H2. The average molecular weight is 495 g/mol. The highest BCUT2D eigenvalue weighted by molar-refractivity contribution is 9.10. The number of nitrogens with zero attached hydrogens (tertiary/aromatic N) is 2. The van der Waals surface area contributed by atoms with E-state index in [0.717, 1.165) is 27.6 Å². The Morgan fingerprint density at radius 3 is 2.32 bits per heavy atom. The summed E-state index contributed by atoms with van der Waals surface area (Å²) in [6, 6.07) is 11.3. The lowest BCUT2D eigenvalue weighted by Crippen LogP contribution is -2.48. The van der Waals surface area contributed by atoms with Gasteiger partial charge in [-0.1, -0.05) is 15.9 Å². The molecule has 0 spiro atoms. The smallest absolute Gasteiger partial charge is 0.416 e. The fourth-order valence-electron chi connectivity index (χ4n) is 3.67. The van der Waals surface area contributed by atoms with Crippen molar-refractivity contribution in [3.05, 3.63) is 80.1 Å². The molecular formula is C22H18BrF3N2O3. The number of carbonyl (C=O) groups is 1. The lowest BCUT2D eigenvalue weighted by atomic mass is 10.1. The summed E-state index contributed by atoms with van der Waals surface area (Å²) < 4.78 is 44.2. The Morgan fingerprint density at radius 2 is 1.68 bits per heavy atom. The molecule has 3 aromatic rings. The van der Waals surface area contributed by atoms with Crippen LogP contribution in [0.3, 0.4) is 0 Å². The van der Waals surface area contributed by atoms with Crippen molar-refractivity contribution >= 4 is 32.8 Å². The van der Waals surface area contributed by atoms with E-state index in [4.69, 9.17) is 4.42 Å². The molecule has 4 rings (SSSR count). The van der Waals surface area contributed by atoms with Crippen molar-refractivity contribution in [2.75, 3.05) is 26.2 Å². The first kappa shape index (κ1) is 21.6. The first-order chi connectivity index (χ1) is 14.7. The van der Waals surface area contributed by atoms with E-state index in [1.165, 1.54) is 18.2 Å². The van der Waals surface area contributed by atoms with Gasteiger partial charge in [0.25, 0.3) is 5.91 Å². The van der Waals surface area contributed by atoms with Crippen LogP contribution in [-0.4, -0.2) is 41.9 Å². The molecule has 0 bridgehead atoms. The van der Waals surface area contributed by atoms with Gasteiger partial charge >= 0.3 is 11.8 Å². The Kier molecular flexibility index (Phi) is 5.90. The van der Waals surface area contributed by atoms with Gasteiger partial charge in [-0.2, -0.15) is 13.2 Å². The number of hydrogen-bond acceptors (Lipinski definition) is 4. The van der Waals surface area contributed by atoms with E-state index in [9.17, 15) is 22.8 Å². The van der Waals surface area contributed by atoms with E-state index < -0.39 is 17.4 Å². The van der Waals surface area contributed by atoms with Crippen LogP contribution < -0.4 is 5.63 Å². The zero-order chi connectivity index (χ0) is 22.2. The molecule has 1 fully saturated rings. The third kappa shape index (κ3) is 4.83. The van der Waals surface area contributed by atoms with Gasteiger partial charge in [0.15, 0.2) is 0 Å². The Labute approximate surface area is 184 Å². The summed E-state index contributed by atoms with van der Waals surface area (Å²) in [7, 11) is 0.